The van der Waals surface area contributed by atoms with E-state index in [1.165, 1.54) is 19.4 Å². The Morgan fingerprint density at radius 3 is 2.25 bits per heavy atom. The van der Waals surface area contributed by atoms with E-state index in [4.69, 9.17) is 9.94 Å². The molecule has 0 spiro atoms. The number of rotatable bonds is 7. The molecule has 1 heterocycles. The number of likely N-dealkylation sites (tertiary alicyclic amines) is 1. The normalized spacial score (nSPS) is 19.2. The van der Waals surface area contributed by atoms with Crippen LogP contribution >= 0.6 is 0 Å². The molecule has 1 aliphatic carbocycles. The molecule has 2 fully saturated rings. The van der Waals surface area contributed by atoms with E-state index in [-0.39, 0.29) is 6.10 Å². The van der Waals surface area contributed by atoms with E-state index >= 15 is 0 Å². The van der Waals surface area contributed by atoms with Crippen molar-refractivity contribution in [1.82, 2.24) is 10.4 Å². The van der Waals surface area contributed by atoms with Gasteiger partial charge in [-0.2, -0.15) is 0 Å². The summed E-state index contributed by atoms with van der Waals surface area (Å²) >= 11 is 0. The Morgan fingerprint density at radius 1 is 1.00 bits per heavy atom. The minimum absolute atomic E-state index is 0.256. The third kappa shape index (κ3) is 4.72. The topological polar surface area (TPSA) is 61.8 Å². The average Bonchev–Trinajstić information content (AvgIpc) is 3.56. The molecule has 1 unspecified atom stereocenters. The van der Waals surface area contributed by atoms with Crippen LogP contribution in [0.4, 0.5) is 0 Å². The van der Waals surface area contributed by atoms with Crippen molar-refractivity contribution in [3.05, 3.63) is 65.7 Å². The van der Waals surface area contributed by atoms with Gasteiger partial charge in [0.05, 0.1) is 5.92 Å². The second kappa shape index (κ2) is 8.76. The largest absolute Gasteiger partial charge is 0.490 e. The molecule has 28 heavy (non-hydrogen) atoms. The maximum Gasteiger partial charge on any atom is 0.255 e. The maximum atomic E-state index is 12.2. The molecule has 0 aromatic heterocycles. The Hall–Kier alpha value is -2.37. The molecule has 1 amide bonds. The van der Waals surface area contributed by atoms with Crippen molar-refractivity contribution < 1.29 is 14.7 Å². The summed E-state index contributed by atoms with van der Waals surface area (Å²) < 4.78 is 6.17. The van der Waals surface area contributed by atoms with E-state index in [1.807, 2.05) is 54.6 Å². The Balaban J connectivity index is 1.38. The Morgan fingerprint density at radius 2 is 1.64 bits per heavy atom. The van der Waals surface area contributed by atoms with Crippen molar-refractivity contribution in [2.75, 3.05) is 19.6 Å². The summed E-state index contributed by atoms with van der Waals surface area (Å²) in [5.74, 6) is 0.785. The zero-order valence-corrected chi connectivity index (χ0v) is 16.1. The van der Waals surface area contributed by atoms with Gasteiger partial charge in [-0.25, -0.2) is 5.48 Å². The molecule has 0 bridgehead atoms. The van der Waals surface area contributed by atoms with Gasteiger partial charge in [0.25, 0.3) is 5.91 Å². The highest BCUT2D eigenvalue weighted by Gasteiger charge is 2.28. The molecule has 0 radical (unpaired) electrons. The zero-order valence-electron chi connectivity index (χ0n) is 16.1. The van der Waals surface area contributed by atoms with Crippen molar-refractivity contribution >= 4 is 5.91 Å². The number of carbonyl (C=O) groups excluding carboxylic acids is 1. The van der Waals surface area contributed by atoms with E-state index in [1.54, 1.807) is 5.48 Å². The molecular formula is C23H28N2O3. The number of amides is 1. The number of hydrogen-bond donors (Lipinski definition) is 2. The van der Waals surface area contributed by atoms with Crippen molar-refractivity contribution in [1.29, 1.82) is 0 Å². The second-order valence-electron chi connectivity index (χ2n) is 7.95. The van der Waals surface area contributed by atoms with Gasteiger partial charge >= 0.3 is 0 Å². The Bertz CT molecular complexity index is 766. The van der Waals surface area contributed by atoms with E-state index < -0.39 is 11.8 Å². The lowest BCUT2D eigenvalue weighted by molar-refractivity contribution is -0.129. The van der Waals surface area contributed by atoms with Crippen molar-refractivity contribution in [3.8, 4) is 5.75 Å². The summed E-state index contributed by atoms with van der Waals surface area (Å²) in [6.45, 7) is 3.49. The SMILES string of the molecule is O=C(NO)C(c1ccccc1)c1ccc(OC2CCN(CC3CC3)CC2)cc1. The predicted molar refractivity (Wildman–Crippen MR) is 107 cm³/mol. The smallest absolute Gasteiger partial charge is 0.255 e. The minimum atomic E-state index is -0.550. The zero-order chi connectivity index (χ0) is 19.3. The lowest BCUT2D eigenvalue weighted by Crippen LogP contribution is -2.39. The third-order valence-corrected chi connectivity index (χ3v) is 5.77. The van der Waals surface area contributed by atoms with Crippen LogP contribution in [0.3, 0.4) is 0 Å². The Labute approximate surface area is 166 Å². The van der Waals surface area contributed by atoms with Gasteiger partial charge < -0.3 is 9.64 Å². The second-order valence-corrected chi connectivity index (χ2v) is 7.95. The number of hydrogen-bond acceptors (Lipinski definition) is 4. The van der Waals surface area contributed by atoms with Crippen LogP contribution in [0.2, 0.25) is 0 Å². The van der Waals surface area contributed by atoms with E-state index in [0.717, 1.165) is 48.7 Å². The minimum Gasteiger partial charge on any atom is -0.490 e. The average molecular weight is 380 g/mol. The van der Waals surface area contributed by atoms with Gasteiger partial charge in [0, 0.05) is 19.6 Å². The van der Waals surface area contributed by atoms with Crippen LogP contribution in [-0.2, 0) is 4.79 Å². The quantitative estimate of drug-likeness (QED) is 0.569. The van der Waals surface area contributed by atoms with Crippen molar-refractivity contribution in [3.63, 3.8) is 0 Å². The highest BCUT2D eigenvalue weighted by atomic mass is 16.5. The first-order valence-corrected chi connectivity index (χ1v) is 10.2. The van der Waals surface area contributed by atoms with E-state index in [0.29, 0.717) is 0 Å². The molecule has 5 nitrogen and oxygen atoms in total. The van der Waals surface area contributed by atoms with Crippen LogP contribution in [0.5, 0.6) is 5.75 Å². The highest BCUT2D eigenvalue weighted by Crippen LogP contribution is 2.31. The fourth-order valence-corrected chi connectivity index (χ4v) is 4.01. The molecule has 148 valence electrons. The van der Waals surface area contributed by atoms with Gasteiger partial charge in [-0.15, -0.1) is 0 Å². The summed E-state index contributed by atoms with van der Waals surface area (Å²) in [7, 11) is 0. The van der Waals surface area contributed by atoms with Gasteiger partial charge in [-0.05, 0) is 54.9 Å². The Kier molecular flexibility index (Phi) is 5.93. The van der Waals surface area contributed by atoms with Crippen LogP contribution in [0.25, 0.3) is 0 Å². The van der Waals surface area contributed by atoms with Gasteiger partial charge in [0.1, 0.15) is 11.9 Å². The number of benzene rings is 2. The predicted octanol–water partition coefficient (Wildman–Crippen LogP) is 3.58. The summed E-state index contributed by atoms with van der Waals surface area (Å²) in [6.07, 6.45) is 5.19. The molecule has 2 aromatic carbocycles. The van der Waals surface area contributed by atoms with Crippen LogP contribution in [0, 0.1) is 5.92 Å². The number of ether oxygens (including phenoxy) is 1. The summed E-state index contributed by atoms with van der Waals surface area (Å²) in [5, 5.41) is 9.15. The summed E-state index contributed by atoms with van der Waals surface area (Å²) in [6, 6.07) is 17.1. The molecule has 2 aliphatic rings. The molecule has 4 rings (SSSR count). The van der Waals surface area contributed by atoms with Crippen molar-refractivity contribution in [2.24, 2.45) is 5.92 Å². The number of hydroxylamine groups is 1. The standard InChI is InChI=1S/C23H28N2O3/c26-23(24-27)22(18-4-2-1-3-5-18)19-8-10-20(11-9-19)28-21-12-14-25(15-13-21)16-17-6-7-17/h1-5,8-11,17,21-22,27H,6-7,12-16H2,(H,24,26). The van der Waals surface area contributed by atoms with E-state index in [9.17, 15) is 4.79 Å². The van der Waals surface area contributed by atoms with Crippen LogP contribution in [0.15, 0.2) is 54.6 Å². The number of nitrogens with zero attached hydrogens (tertiary/aromatic N) is 1. The maximum absolute atomic E-state index is 12.2. The lowest BCUT2D eigenvalue weighted by Gasteiger charge is -2.32. The van der Waals surface area contributed by atoms with Crippen LogP contribution in [-0.4, -0.2) is 41.8 Å². The van der Waals surface area contributed by atoms with Crippen molar-refractivity contribution in [2.45, 2.75) is 37.7 Å². The molecule has 1 atom stereocenters. The first-order chi connectivity index (χ1) is 13.7. The first kappa shape index (κ1) is 19.0. The summed E-state index contributed by atoms with van der Waals surface area (Å²) in [4.78, 5) is 14.8. The van der Waals surface area contributed by atoms with Crippen LogP contribution < -0.4 is 10.2 Å². The molecule has 2 aromatic rings. The molecule has 5 heteroatoms. The summed E-state index contributed by atoms with van der Waals surface area (Å²) in [5.41, 5.74) is 3.45. The van der Waals surface area contributed by atoms with Gasteiger partial charge in [0.15, 0.2) is 0 Å². The molecule has 2 N–H and O–H groups in total. The monoisotopic (exact) mass is 380 g/mol. The molecule has 1 saturated heterocycles. The highest BCUT2D eigenvalue weighted by molar-refractivity contribution is 5.86. The van der Waals surface area contributed by atoms with E-state index in [2.05, 4.69) is 4.90 Å². The number of carbonyl (C=O) groups is 1. The third-order valence-electron chi connectivity index (χ3n) is 5.77. The lowest BCUT2D eigenvalue weighted by atomic mass is 9.90. The fraction of sp³-hybridized carbons (Fsp3) is 0.435. The first-order valence-electron chi connectivity index (χ1n) is 10.2. The fourth-order valence-electron chi connectivity index (χ4n) is 4.01. The van der Waals surface area contributed by atoms with Gasteiger partial charge in [0.2, 0.25) is 0 Å². The number of nitrogens with one attached hydrogen (secondary N) is 1. The molecule has 1 aliphatic heterocycles. The molecule has 1 saturated carbocycles. The molecular weight excluding hydrogens is 352 g/mol. The number of piperidine rings is 1. The van der Waals surface area contributed by atoms with Gasteiger partial charge in [-0.3, -0.25) is 10.0 Å². The van der Waals surface area contributed by atoms with Crippen LogP contribution in [0.1, 0.15) is 42.7 Å². The van der Waals surface area contributed by atoms with Gasteiger partial charge in [-0.1, -0.05) is 42.5 Å².